The van der Waals surface area contributed by atoms with Crippen LogP contribution in [0.15, 0.2) is 95.5 Å². The normalized spacial score (nSPS) is 11.5. The Labute approximate surface area is 203 Å². The Morgan fingerprint density at radius 2 is 1.68 bits per heavy atom. The van der Waals surface area contributed by atoms with E-state index in [1.165, 1.54) is 36.8 Å². The number of amides is 1. The third kappa shape index (κ3) is 5.56. The summed E-state index contributed by atoms with van der Waals surface area (Å²) in [6, 6.07) is 22.6. The minimum atomic E-state index is -3.85. The molecule has 0 radical (unpaired) electrons. The first kappa shape index (κ1) is 23.7. The number of rotatable bonds is 9. The minimum Gasteiger partial charge on any atom is -0.287 e. The number of hydrogen-bond acceptors (Lipinski definition) is 6. The van der Waals surface area contributed by atoms with Crippen LogP contribution < -0.4 is 4.90 Å². The maximum atomic E-state index is 13.4. The van der Waals surface area contributed by atoms with Crippen LogP contribution in [0.5, 0.6) is 0 Å². The second-order valence-corrected chi connectivity index (χ2v) is 10.5. The topological polar surface area (TPSA) is 83.5 Å². The molecule has 9 heteroatoms. The van der Waals surface area contributed by atoms with Crippen molar-refractivity contribution in [2.75, 3.05) is 25.0 Å². The zero-order chi connectivity index (χ0) is 24.0. The first-order valence-corrected chi connectivity index (χ1v) is 13.0. The summed E-state index contributed by atoms with van der Waals surface area (Å²) in [5, 5.41) is 2.44. The molecule has 2 aromatic carbocycles. The number of hydrogen-bond donors (Lipinski definition) is 0. The van der Waals surface area contributed by atoms with Gasteiger partial charge in [-0.2, -0.15) is 4.31 Å². The van der Waals surface area contributed by atoms with Gasteiger partial charge in [0.2, 0.25) is 15.9 Å². The molecule has 0 aliphatic rings. The van der Waals surface area contributed by atoms with E-state index in [0.717, 1.165) is 21.1 Å². The van der Waals surface area contributed by atoms with Crippen LogP contribution in [0.3, 0.4) is 0 Å². The van der Waals surface area contributed by atoms with E-state index >= 15 is 0 Å². The lowest BCUT2D eigenvalue weighted by Gasteiger charge is -2.23. The number of pyridine rings is 1. The fourth-order valence-electron chi connectivity index (χ4n) is 3.38. The molecule has 174 valence electrons. The monoisotopic (exact) mass is 492 g/mol. The molecular weight excluding hydrogens is 468 g/mol. The van der Waals surface area contributed by atoms with Gasteiger partial charge < -0.3 is 0 Å². The predicted octanol–water partition coefficient (Wildman–Crippen LogP) is 4.10. The molecule has 0 fully saturated rings. The van der Waals surface area contributed by atoms with Gasteiger partial charge in [0.05, 0.1) is 12.2 Å². The third-order valence-electron chi connectivity index (χ3n) is 5.26. The van der Waals surface area contributed by atoms with Crippen molar-refractivity contribution in [3.8, 4) is 11.3 Å². The Kier molecular flexibility index (Phi) is 7.46. The van der Waals surface area contributed by atoms with Crippen LogP contribution in [0.1, 0.15) is 5.56 Å². The van der Waals surface area contributed by atoms with Crippen molar-refractivity contribution in [3.05, 3.63) is 96.1 Å². The number of aromatic nitrogens is 2. The molecule has 4 aromatic rings. The zero-order valence-electron chi connectivity index (χ0n) is 18.6. The Morgan fingerprint density at radius 1 is 0.971 bits per heavy atom. The standard InChI is InChI=1S/C25H24N4O3S2/c1-28(34(31,32)22-13-8-15-26-17-22)18-24(30)29(16-14-20-9-4-2-5-10-20)25-27-23(19-33-25)21-11-6-3-7-12-21/h2-13,15,17,19H,14,16,18H2,1H3. The third-order valence-corrected chi connectivity index (χ3v) is 7.91. The molecule has 0 atom stereocenters. The summed E-state index contributed by atoms with van der Waals surface area (Å²) in [7, 11) is -2.45. The highest BCUT2D eigenvalue weighted by atomic mass is 32.2. The van der Waals surface area contributed by atoms with Gasteiger partial charge >= 0.3 is 0 Å². The Balaban J connectivity index is 1.57. The van der Waals surface area contributed by atoms with E-state index in [-0.39, 0.29) is 17.3 Å². The summed E-state index contributed by atoms with van der Waals surface area (Å²) >= 11 is 1.36. The van der Waals surface area contributed by atoms with Crippen LogP contribution >= 0.6 is 11.3 Å². The molecule has 0 bridgehead atoms. The van der Waals surface area contributed by atoms with Crippen LogP contribution in [0.2, 0.25) is 0 Å². The summed E-state index contributed by atoms with van der Waals surface area (Å²) in [5.41, 5.74) is 2.81. The average molecular weight is 493 g/mol. The molecule has 0 saturated carbocycles. The molecule has 2 aromatic heterocycles. The number of thiazole rings is 1. The van der Waals surface area contributed by atoms with Gasteiger partial charge in [-0.05, 0) is 24.1 Å². The van der Waals surface area contributed by atoms with Crippen LogP contribution in [-0.4, -0.2) is 48.7 Å². The summed E-state index contributed by atoms with van der Waals surface area (Å²) in [6.45, 7) is 0.0671. The number of carbonyl (C=O) groups excluding carboxylic acids is 1. The van der Waals surface area contributed by atoms with Gasteiger partial charge in [-0.3, -0.25) is 14.7 Å². The molecule has 34 heavy (non-hydrogen) atoms. The maximum absolute atomic E-state index is 13.4. The first-order valence-electron chi connectivity index (χ1n) is 10.7. The lowest BCUT2D eigenvalue weighted by Crippen LogP contribution is -2.42. The van der Waals surface area contributed by atoms with Crippen LogP contribution in [0, 0.1) is 0 Å². The van der Waals surface area contributed by atoms with Crippen molar-refractivity contribution < 1.29 is 13.2 Å². The van der Waals surface area contributed by atoms with Gasteiger partial charge in [-0.15, -0.1) is 11.3 Å². The van der Waals surface area contributed by atoms with E-state index in [1.807, 2.05) is 66.0 Å². The van der Waals surface area contributed by atoms with E-state index in [9.17, 15) is 13.2 Å². The van der Waals surface area contributed by atoms with Crippen LogP contribution in [-0.2, 0) is 21.2 Å². The SMILES string of the molecule is CN(CC(=O)N(CCc1ccccc1)c1nc(-c2ccccc2)cs1)S(=O)(=O)c1cccnc1. The highest BCUT2D eigenvalue weighted by Crippen LogP contribution is 2.28. The molecule has 0 N–H and O–H groups in total. The van der Waals surface area contributed by atoms with Crippen molar-refractivity contribution in [3.63, 3.8) is 0 Å². The van der Waals surface area contributed by atoms with Crippen molar-refractivity contribution in [2.24, 2.45) is 0 Å². The number of anilines is 1. The fourth-order valence-corrected chi connectivity index (χ4v) is 5.34. The lowest BCUT2D eigenvalue weighted by molar-refractivity contribution is -0.118. The van der Waals surface area contributed by atoms with Crippen molar-refractivity contribution in [1.82, 2.24) is 14.3 Å². The number of nitrogens with zero attached hydrogens (tertiary/aromatic N) is 4. The van der Waals surface area contributed by atoms with Gasteiger partial charge in [-0.1, -0.05) is 60.7 Å². The minimum absolute atomic E-state index is 0.0433. The molecular formula is C25H24N4O3S2. The van der Waals surface area contributed by atoms with Gasteiger partial charge in [0.25, 0.3) is 0 Å². The van der Waals surface area contributed by atoms with E-state index in [1.54, 1.807) is 11.0 Å². The molecule has 0 aliphatic carbocycles. The second-order valence-electron chi connectivity index (χ2n) is 7.61. The maximum Gasteiger partial charge on any atom is 0.244 e. The lowest BCUT2D eigenvalue weighted by atomic mass is 10.1. The quantitative estimate of drug-likeness (QED) is 0.351. The molecule has 4 rings (SSSR count). The highest BCUT2D eigenvalue weighted by molar-refractivity contribution is 7.89. The predicted molar refractivity (Wildman–Crippen MR) is 134 cm³/mol. The Bertz CT molecular complexity index is 1330. The summed E-state index contributed by atoms with van der Waals surface area (Å²) in [4.78, 5) is 23.5. The van der Waals surface area contributed by atoms with Crippen molar-refractivity contribution in [2.45, 2.75) is 11.3 Å². The number of sulfonamides is 1. The zero-order valence-corrected chi connectivity index (χ0v) is 20.2. The Hall–Kier alpha value is -3.40. The van der Waals surface area contributed by atoms with E-state index in [0.29, 0.717) is 18.1 Å². The van der Waals surface area contributed by atoms with Gasteiger partial charge in [0.1, 0.15) is 4.90 Å². The Morgan fingerprint density at radius 3 is 2.35 bits per heavy atom. The van der Waals surface area contributed by atoms with Crippen molar-refractivity contribution >= 4 is 32.4 Å². The second kappa shape index (κ2) is 10.7. The molecule has 2 heterocycles. The fraction of sp³-hybridized carbons (Fsp3) is 0.160. The number of carbonyl (C=O) groups is 1. The number of likely N-dealkylation sites (N-methyl/N-ethyl adjacent to an activating group) is 1. The van der Waals surface area contributed by atoms with Crippen molar-refractivity contribution in [1.29, 1.82) is 0 Å². The summed E-state index contributed by atoms with van der Waals surface area (Å²) in [5.74, 6) is -0.347. The first-order chi connectivity index (χ1) is 16.4. The largest absolute Gasteiger partial charge is 0.287 e. The van der Waals surface area contributed by atoms with E-state index in [4.69, 9.17) is 0 Å². The van der Waals surface area contributed by atoms with E-state index in [2.05, 4.69) is 9.97 Å². The van der Waals surface area contributed by atoms with E-state index < -0.39 is 10.0 Å². The molecule has 0 aliphatic heterocycles. The van der Waals surface area contributed by atoms with Gasteiger partial charge in [0.15, 0.2) is 5.13 Å². The van der Waals surface area contributed by atoms with Crippen LogP contribution in [0.4, 0.5) is 5.13 Å². The average Bonchev–Trinajstić information content (AvgIpc) is 3.36. The molecule has 0 unspecified atom stereocenters. The van der Waals surface area contributed by atoms with Gasteiger partial charge in [0, 0.05) is 36.9 Å². The molecule has 0 saturated heterocycles. The van der Waals surface area contributed by atoms with Gasteiger partial charge in [-0.25, -0.2) is 13.4 Å². The smallest absolute Gasteiger partial charge is 0.244 e. The summed E-state index contributed by atoms with van der Waals surface area (Å²) in [6.07, 6.45) is 3.39. The number of benzene rings is 2. The summed E-state index contributed by atoms with van der Waals surface area (Å²) < 4.78 is 26.8. The molecule has 1 amide bonds. The highest BCUT2D eigenvalue weighted by Gasteiger charge is 2.27. The van der Waals surface area contributed by atoms with Crippen LogP contribution in [0.25, 0.3) is 11.3 Å². The molecule has 7 nitrogen and oxygen atoms in total. The molecule has 0 spiro atoms.